The average molecular weight is 852 g/mol. The van der Waals surface area contributed by atoms with E-state index in [1.807, 2.05) is 20.8 Å². The molecular formula is C34H55BrF2N4O6Sn. The van der Waals surface area contributed by atoms with E-state index >= 15 is 4.39 Å². The molecule has 10 nitrogen and oxygen atoms in total. The van der Waals surface area contributed by atoms with Gasteiger partial charge in [-0.3, -0.25) is 14.3 Å². The van der Waals surface area contributed by atoms with Crippen molar-refractivity contribution in [3.8, 4) is 0 Å². The van der Waals surface area contributed by atoms with Gasteiger partial charge in [-0.2, -0.15) is 0 Å². The van der Waals surface area contributed by atoms with Gasteiger partial charge in [0.25, 0.3) is 5.56 Å². The molecule has 0 bridgehead atoms. The molecule has 4 heterocycles. The average Bonchev–Trinajstić information content (AvgIpc) is 3.52. The fraction of sp³-hybridized carbons (Fsp3) is 0.765. The Morgan fingerprint density at radius 3 is 1.48 bits per heavy atom. The minimum absolute atomic E-state index is 0.172. The Kier molecular flexibility index (Phi) is 15.8. The number of nitrogens with one attached hydrogen (secondary N) is 2. The molecule has 0 spiro atoms. The molecule has 2 N–H and O–H groups in total. The fourth-order valence-corrected chi connectivity index (χ4v) is 23.4. The molecule has 0 aliphatic carbocycles. The Bertz CT molecular complexity index is 1540. The zero-order valence-corrected chi connectivity index (χ0v) is 34.0. The number of aromatic amines is 2. The molecule has 2 aliphatic heterocycles. The molecule has 14 heteroatoms. The summed E-state index contributed by atoms with van der Waals surface area (Å²) in [5.74, 6) is -0.548. The van der Waals surface area contributed by atoms with Crippen LogP contribution in [0.2, 0.25) is 13.3 Å². The second kappa shape index (κ2) is 18.6. The summed E-state index contributed by atoms with van der Waals surface area (Å²) >= 11 is -0.0611. The number of unbranched alkanes of at least 4 members (excludes halogenated alkanes) is 3. The normalized spacial score (nSPS) is 27.2. The summed E-state index contributed by atoms with van der Waals surface area (Å²) in [6.07, 6.45) is 6.13. The second-order valence-corrected chi connectivity index (χ2v) is 27.5. The van der Waals surface area contributed by atoms with Crippen LogP contribution in [-0.4, -0.2) is 62.0 Å². The summed E-state index contributed by atoms with van der Waals surface area (Å²) in [5.41, 5.74) is -1.99. The summed E-state index contributed by atoms with van der Waals surface area (Å²) in [7, 11) is 0. The van der Waals surface area contributed by atoms with Crippen LogP contribution in [-0.2, 0) is 9.47 Å². The van der Waals surface area contributed by atoms with Gasteiger partial charge in [0.2, 0.25) is 0 Å². The molecule has 2 aromatic heterocycles. The van der Waals surface area contributed by atoms with Crippen LogP contribution in [0.1, 0.15) is 112 Å². The zero-order chi connectivity index (χ0) is 35.8. The van der Waals surface area contributed by atoms with Crippen LogP contribution >= 0.6 is 15.9 Å². The molecule has 8 unspecified atom stereocenters. The van der Waals surface area contributed by atoms with Crippen LogP contribution in [0, 0.1) is 11.8 Å². The van der Waals surface area contributed by atoms with Gasteiger partial charge < -0.3 is 4.74 Å². The van der Waals surface area contributed by atoms with Gasteiger partial charge in [0.05, 0.1) is 10.6 Å². The van der Waals surface area contributed by atoms with E-state index in [1.54, 1.807) is 13.1 Å². The Hall–Kier alpha value is -1.58. The number of alkyl halides is 2. The first-order chi connectivity index (χ1) is 22.8. The van der Waals surface area contributed by atoms with E-state index in [4.69, 9.17) is 9.47 Å². The third-order valence-corrected chi connectivity index (χ3v) is 26.3. The Labute approximate surface area is 294 Å². The first-order valence-electron chi connectivity index (χ1n) is 17.8. The van der Waals surface area contributed by atoms with Crippen LogP contribution in [0.3, 0.4) is 0 Å². The standard InChI is InChI=1S/C11H14BrFN2O3.C11H14FN2O3.3C4H9.Sn/c1-3-7-5(2)8(13)10(18-7)15-4-6(12)9(16)14-11(15)17;1-3-7-6(2)9(12)10(17-7)14-5-4-8(15)13-11(14)16;3*1-3-4-2;/h4-5,7-8,10H,3H2,1-2H3,(H,14,16,17);5-7,9-10H,3H2,1-2H3,(H,13,15,16);3*1,3-4H2,2H3;. The van der Waals surface area contributed by atoms with Crippen molar-refractivity contribution in [1.29, 1.82) is 0 Å². The molecule has 272 valence electrons. The van der Waals surface area contributed by atoms with Crippen molar-refractivity contribution >= 4 is 37.9 Å². The van der Waals surface area contributed by atoms with Crippen LogP contribution in [0.4, 0.5) is 8.78 Å². The van der Waals surface area contributed by atoms with Gasteiger partial charge in [-0.25, -0.2) is 9.18 Å². The molecule has 2 aromatic rings. The van der Waals surface area contributed by atoms with Crippen molar-refractivity contribution in [2.45, 2.75) is 150 Å². The molecule has 0 saturated carbocycles. The van der Waals surface area contributed by atoms with E-state index in [-0.39, 0.29) is 34.1 Å². The van der Waals surface area contributed by atoms with Gasteiger partial charge in [0.15, 0.2) is 12.4 Å². The first kappa shape index (κ1) is 40.8. The van der Waals surface area contributed by atoms with Crippen molar-refractivity contribution in [3.05, 3.63) is 58.5 Å². The predicted octanol–water partition coefficient (Wildman–Crippen LogP) is 6.46. The number of H-pyrrole nitrogens is 2. The monoisotopic (exact) mass is 852 g/mol. The third kappa shape index (κ3) is 9.20. The molecule has 0 radical (unpaired) electrons. The van der Waals surface area contributed by atoms with E-state index in [0.29, 0.717) is 12.8 Å². The number of nitrogens with zero attached hydrogens (tertiary/aromatic N) is 2. The van der Waals surface area contributed by atoms with E-state index in [1.165, 1.54) is 10.8 Å². The van der Waals surface area contributed by atoms with E-state index in [9.17, 15) is 23.6 Å². The minimum atomic E-state index is -3.07. The Morgan fingerprint density at radius 2 is 1.10 bits per heavy atom. The van der Waals surface area contributed by atoms with Gasteiger partial charge in [0, 0.05) is 12.1 Å². The van der Waals surface area contributed by atoms with Gasteiger partial charge in [-0.15, -0.1) is 0 Å². The maximum atomic E-state index is 15.1. The summed E-state index contributed by atoms with van der Waals surface area (Å²) < 4.78 is 47.5. The SMILES string of the molecule is CCC1OC(n2cc(Br)c(=O)[nH]c2=O)C(F)C1C.CCC[CH2][Sn]([CH2]CCC)([CH2]CCC)[c]1cn(C2OC(CC)C(C)C2F)c(=O)[nH]c1=O. The summed E-state index contributed by atoms with van der Waals surface area (Å²) in [6, 6.07) is 0. The maximum absolute atomic E-state index is 15.1. The van der Waals surface area contributed by atoms with Crippen LogP contribution in [0.15, 0.2) is 36.0 Å². The van der Waals surface area contributed by atoms with Crippen molar-refractivity contribution in [2.24, 2.45) is 11.8 Å². The molecule has 8 atom stereocenters. The number of hydrogen-bond acceptors (Lipinski definition) is 6. The topological polar surface area (TPSA) is 128 Å². The molecule has 0 aromatic carbocycles. The first-order valence-corrected chi connectivity index (χ1v) is 26.0. The summed E-state index contributed by atoms with van der Waals surface area (Å²) in [6.45, 7) is 14.0. The van der Waals surface area contributed by atoms with Crippen molar-refractivity contribution in [3.63, 3.8) is 0 Å². The number of halogens is 3. The predicted molar refractivity (Wildman–Crippen MR) is 191 cm³/mol. The van der Waals surface area contributed by atoms with Gasteiger partial charge in [-0.1, -0.05) is 13.8 Å². The van der Waals surface area contributed by atoms with Crippen molar-refractivity contribution in [1.82, 2.24) is 19.1 Å². The molecule has 2 fully saturated rings. The molecule has 0 amide bonds. The third-order valence-electron chi connectivity index (χ3n) is 10.2. The van der Waals surface area contributed by atoms with Crippen molar-refractivity contribution in [2.75, 3.05) is 0 Å². The number of rotatable bonds is 14. The van der Waals surface area contributed by atoms with Crippen LogP contribution in [0.5, 0.6) is 0 Å². The zero-order valence-electron chi connectivity index (χ0n) is 29.5. The number of ether oxygens (including phenoxy) is 2. The number of hydrogen-bond donors (Lipinski definition) is 2. The van der Waals surface area contributed by atoms with E-state index in [0.717, 1.165) is 60.0 Å². The quantitative estimate of drug-likeness (QED) is 0.210. The molecule has 4 rings (SSSR count). The van der Waals surface area contributed by atoms with Gasteiger partial charge in [-0.05, 0) is 22.4 Å². The Morgan fingerprint density at radius 1 is 0.708 bits per heavy atom. The molecule has 48 heavy (non-hydrogen) atoms. The summed E-state index contributed by atoms with van der Waals surface area (Å²) in [4.78, 5) is 53.3. The van der Waals surface area contributed by atoms with Crippen LogP contribution in [0.25, 0.3) is 0 Å². The van der Waals surface area contributed by atoms with Crippen LogP contribution < -0.4 is 26.1 Å². The fourth-order valence-electron chi connectivity index (χ4n) is 7.09. The van der Waals surface area contributed by atoms with E-state index in [2.05, 4.69) is 46.7 Å². The van der Waals surface area contributed by atoms with Crippen molar-refractivity contribution < 1.29 is 18.3 Å². The molecular weight excluding hydrogens is 797 g/mol. The van der Waals surface area contributed by atoms with E-state index < -0.39 is 60.1 Å². The van der Waals surface area contributed by atoms with Gasteiger partial charge in [0.1, 0.15) is 0 Å². The summed E-state index contributed by atoms with van der Waals surface area (Å²) in [5, 5.41) is 0. The van der Waals surface area contributed by atoms with Gasteiger partial charge >= 0.3 is 191 Å². The Balaban J connectivity index is 0.000000294. The molecule has 2 saturated heterocycles. The molecule has 2 aliphatic rings. The second-order valence-electron chi connectivity index (χ2n) is 13.5. The number of aromatic nitrogens is 4.